The lowest BCUT2D eigenvalue weighted by atomic mass is 10.3. The van der Waals surface area contributed by atoms with E-state index in [1.807, 2.05) is 6.92 Å². The van der Waals surface area contributed by atoms with Gasteiger partial charge in [0.15, 0.2) is 6.10 Å². The summed E-state index contributed by atoms with van der Waals surface area (Å²) in [6, 6.07) is 5.97. The molecule has 0 bridgehead atoms. The van der Waals surface area contributed by atoms with Crippen molar-refractivity contribution in [1.29, 1.82) is 0 Å². The molecule has 0 spiro atoms. The first-order valence-corrected chi connectivity index (χ1v) is 8.17. The Morgan fingerprint density at radius 3 is 2.83 bits per heavy atom. The van der Waals surface area contributed by atoms with Crippen LogP contribution >= 0.6 is 15.9 Å². The van der Waals surface area contributed by atoms with Crippen LogP contribution in [-0.4, -0.2) is 21.8 Å². The van der Waals surface area contributed by atoms with Crippen LogP contribution in [0, 0.1) is 5.82 Å². The average Bonchev–Trinajstić information content (AvgIpc) is 2.97. The molecule has 0 saturated heterocycles. The minimum Gasteiger partial charge on any atom is -0.480 e. The fourth-order valence-corrected chi connectivity index (χ4v) is 2.42. The van der Waals surface area contributed by atoms with Crippen molar-refractivity contribution in [3.63, 3.8) is 0 Å². The number of nitrogens with one attached hydrogen (secondary N) is 1. The summed E-state index contributed by atoms with van der Waals surface area (Å²) in [4.78, 5) is 12.3. The van der Waals surface area contributed by atoms with E-state index in [-0.39, 0.29) is 17.8 Å². The van der Waals surface area contributed by atoms with Crippen LogP contribution < -0.4 is 10.1 Å². The smallest absolute Gasteiger partial charge is 0.266 e. The summed E-state index contributed by atoms with van der Waals surface area (Å²) < 4.78 is 20.9. The molecule has 0 aliphatic heterocycles. The minimum atomic E-state index is -0.739. The lowest BCUT2D eigenvalue weighted by Crippen LogP contribution is -2.31. The van der Waals surface area contributed by atoms with Gasteiger partial charge in [0.25, 0.3) is 5.91 Å². The van der Waals surface area contributed by atoms with E-state index in [1.165, 1.54) is 18.2 Å². The highest BCUT2D eigenvalue weighted by Gasteiger charge is 2.19. The SMILES string of the molecule is CCC(C)n1nccc1NC(=O)C(C)Oc1ccc(F)cc1Br. The van der Waals surface area contributed by atoms with Gasteiger partial charge in [0.1, 0.15) is 17.4 Å². The first kappa shape index (κ1) is 17.5. The summed E-state index contributed by atoms with van der Waals surface area (Å²) in [5.74, 6) is 0.354. The van der Waals surface area contributed by atoms with Gasteiger partial charge in [-0.2, -0.15) is 5.10 Å². The van der Waals surface area contributed by atoms with Gasteiger partial charge in [0.05, 0.1) is 16.7 Å². The zero-order chi connectivity index (χ0) is 17.0. The number of ether oxygens (including phenoxy) is 1. The molecule has 0 aliphatic rings. The van der Waals surface area contributed by atoms with Crippen molar-refractivity contribution in [2.75, 3.05) is 5.32 Å². The summed E-state index contributed by atoms with van der Waals surface area (Å²) in [5, 5.41) is 7.02. The first-order valence-electron chi connectivity index (χ1n) is 7.38. The van der Waals surface area contributed by atoms with Gasteiger partial charge >= 0.3 is 0 Å². The molecule has 2 rings (SSSR count). The minimum absolute atomic E-state index is 0.183. The Morgan fingerprint density at radius 1 is 1.43 bits per heavy atom. The highest BCUT2D eigenvalue weighted by atomic mass is 79.9. The molecule has 0 aliphatic carbocycles. The molecule has 1 heterocycles. The average molecular weight is 384 g/mol. The molecule has 2 aromatic rings. The number of benzene rings is 1. The Labute approximate surface area is 143 Å². The van der Waals surface area contributed by atoms with Crippen molar-refractivity contribution >= 4 is 27.7 Å². The molecular weight excluding hydrogens is 365 g/mol. The number of aromatic nitrogens is 2. The van der Waals surface area contributed by atoms with Gasteiger partial charge in [-0.3, -0.25) is 4.79 Å². The molecule has 2 unspecified atom stereocenters. The standard InChI is InChI=1S/C16H19BrFN3O2/c1-4-10(2)21-15(7-8-19-21)20-16(22)11(3)23-14-6-5-12(18)9-13(14)17/h5-11H,4H2,1-3H3,(H,20,22). The van der Waals surface area contributed by atoms with Crippen LogP contribution in [0.3, 0.4) is 0 Å². The molecule has 124 valence electrons. The number of nitrogens with zero attached hydrogens (tertiary/aromatic N) is 2. The van der Waals surface area contributed by atoms with Gasteiger partial charge < -0.3 is 10.1 Å². The van der Waals surface area contributed by atoms with Crippen LogP contribution in [0.15, 0.2) is 34.9 Å². The highest BCUT2D eigenvalue weighted by molar-refractivity contribution is 9.10. The number of halogens is 2. The van der Waals surface area contributed by atoms with E-state index in [2.05, 4.69) is 33.3 Å². The molecule has 1 N–H and O–H groups in total. The third kappa shape index (κ3) is 4.31. The summed E-state index contributed by atoms with van der Waals surface area (Å²) >= 11 is 3.21. The molecule has 2 atom stereocenters. The molecule has 0 radical (unpaired) electrons. The Balaban J connectivity index is 2.04. The van der Waals surface area contributed by atoms with E-state index < -0.39 is 6.10 Å². The van der Waals surface area contributed by atoms with Gasteiger partial charge in [-0.15, -0.1) is 0 Å². The molecule has 23 heavy (non-hydrogen) atoms. The number of carbonyl (C=O) groups is 1. The third-order valence-electron chi connectivity index (χ3n) is 3.50. The number of amides is 1. The van der Waals surface area contributed by atoms with Crippen molar-refractivity contribution in [2.45, 2.75) is 39.3 Å². The second-order valence-electron chi connectivity index (χ2n) is 5.24. The molecule has 0 fully saturated rings. The Bertz CT molecular complexity index is 690. The molecule has 1 aromatic carbocycles. The maximum absolute atomic E-state index is 13.1. The maximum atomic E-state index is 13.1. The highest BCUT2D eigenvalue weighted by Crippen LogP contribution is 2.26. The third-order valence-corrected chi connectivity index (χ3v) is 4.12. The normalized spacial score (nSPS) is 13.4. The predicted molar refractivity (Wildman–Crippen MR) is 90.0 cm³/mol. The monoisotopic (exact) mass is 383 g/mol. The fourth-order valence-electron chi connectivity index (χ4n) is 1.98. The number of carbonyl (C=O) groups excluding carboxylic acids is 1. The van der Waals surface area contributed by atoms with Crippen molar-refractivity contribution in [1.82, 2.24) is 9.78 Å². The van der Waals surface area contributed by atoms with Gasteiger partial charge in [0, 0.05) is 6.07 Å². The van der Waals surface area contributed by atoms with E-state index in [1.54, 1.807) is 23.9 Å². The summed E-state index contributed by atoms with van der Waals surface area (Å²) in [7, 11) is 0. The Hall–Kier alpha value is -1.89. The predicted octanol–water partition coefficient (Wildman–Crippen LogP) is 4.16. The maximum Gasteiger partial charge on any atom is 0.266 e. The molecule has 1 amide bonds. The summed E-state index contributed by atoms with van der Waals surface area (Å²) in [5.41, 5.74) is 0. The van der Waals surface area contributed by atoms with E-state index >= 15 is 0 Å². The van der Waals surface area contributed by atoms with Crippen molar-refractivity contribution in [3.8, 4) is 5.75 Å². The van der Waals surface area contributed by atoms with E-state index in [4.69, 9.17) is 4.74 Å². The number of rotatable bonds is 6. The zero-order valence-corrected chi connectivity index (χ0v) is 14.8. The van der Waals surface area contributed by atoms with E-state index in [0.717, 1.165) is 6.42 Å². The first-order chi connectivity index (χ1) is 10.9. The lowest BCUT2D eigenvalue weighted by molar-refractivity contribution is -0.122. The molecule has 0 saturated carbocycles. The van der Waals surface area contributed by atoms with Crippen LogP contribution in [0.25, 0.3) is 0 Å². The number of anilines is 1. The van der Waals surface area contributed by atoms with Crippen molar-refractivity contribution in [3.05, 3.63) is 40.8 Å². The summed E-state index contributed by atoms with van der Waals surface area (Å²) in [6.45, 7) is 5.71. The number of hydrogen-bond acceptors (Lipinski definition) is 3. The molecule has 5 nitrogen and oxygen atoms in total. The topological polar surface area (TPSA) is 56.2 Å². The van der Waals surface area contributed by atoms with Gasteiger partial charge in [-0.1, -0.05) is 6.92 Å². The van der Waals surface area contributed by atoms with Crippen LogP contribution in [-0.2, 0) is 4.79 Å². The zero-order valence-electron chi connectivity index (χ0n) is 13.2. The molecular formula is C16H19BrFN3O2. The van der Waals surface area contributed by atoms with Crippen LogP contribution in [0.2, 0.25) is 0 Å². The van der Waals surface area contributed by atoms with Crippen molar-refractivity contribution in [2.24, 2.45) is 0 Å². The second-order valence-corrected chi connectivity index (χ2v) is 6.10. The van der Waals surface area contributed by atoms with Gasteiger partial charge in [0.2, 0.25) is 0 Å². The molecule has 7 heteroatoms. The van der Waals surface area contributed by atoms with Crippen LogP contribution in [0.5, 0.6) is 5.75 Å². The number of hydrogen-bond donors (Lipinski definition) is 1. The fraction of sp³-hybridized carbons (Fsp3) is 0.375. The lowest BCUT2D eigenvalue weighted by Gasteiger charge is -2.18. The largest absolute Gasteiger partial charge is 0.480 e. The summed E-state index contributed by atoms with van der Waals surface area (Å²) in [6.07, 6.45) is 1.81. The van der Waals surface area contributed by atoms with Crippen molar-refractivity contribution < 1.29 is 13.9 Å². The second kappa shape index (κ2) is 7.59. The Morgan fingerprint density at radius 2 is 2.17 bits per heavy atom. The quantitative estimate of drug-likeness (QED) is 0.814. The molecule has 1 aromatic heterocycles. The van der Waals surface area contributed by atoms with Gasteiger partial charge in [-0.25, -0.2) is 9.07 Å². The van der Waals surface area contributed by atoms with Gasteiger partial charge in [-0.05, 0) is 54.4 Å². The van der Waals surface area contributed by atoms with E-state index in [9.17, 15) is 9.18 Å². The van der Waals surface area contributed by atoms with Crippen LogP contribution in [0.1, 0.15) is 33.2 Å². The Kier molecular flexibility index (Phi) is 5.76. The van der Waals surface area contributed by atoms with Crippen LogP contribution in [0.4, 0.5) is 10.2 Å². The van der Waals surface area contributed by atoms with E-state index in [0.29, 0.717) is 16.0 Å².